The zero-order valence-electron chi connectivity index (χ0n) is 11.1. The van der Waals surface area contributed by atoms with Gasteiger partial charge in [-0.05, 0) is 25.2 Å². The summed E-state index contributed by atoms with van der Waals surface area (Å²) in [5.74, 6) is -0.223. The molecule has 0 bridgehead atoms. The number of rotatable bonds is 5. The van der Waals surface area contributed by atoms with E-state index in [2.05, 4.69) is 15.9 Å². The van der Waals surface area contributed by atoms with Gasteiger partial charge in [-0.1, -0.05) is 46.3 Å². The lowest BCUT2D eigenvalue weighted by Crippen LogP contribution is -2.26. The van der Waals surface area contributed by atoms with Gasteiger partial charge < -0.3 is 0 Å². The fraction of sp³-hybridized carbons (Fsp3) is 0.188. The zero-order valence-corrected chi connectivity index (χ0v) is 12.7. The lowest BCUT2D eigenvalue weighted by Gasteiger charge is -2.16. The van der Waals surface area contributed by atoms with Crippen LogP contribution in [0.4, 0.5) is 4.39 Å². The first-order valence-electron chi connectivity index (χ1n) is 6.27. The minimum atomic E-state index is -0.241. The average Bonchev–Trinajstić information content (AvgIpc) is 2.41. The number of Topliss-reactive ketones (excluding diaryl/α,β-unsaturated/α-hetero) is 1. The molecular formula is C16H15BrFNO. The lowest BCUT2D eigenvalue weighted by atomic mass is 10.1. The summed E-state index contributed by atoms with van der Waals surface area (Å²) in [6.07, 6.45) is 0. The molecule has 0 atom stereocenters. The Balaban J connectivity index is 2.00. The first kappa shape index (κ1) is 14.9. The van der Waals surface area contributed by atoms with Crippen LogP contribution >= 0.6 is 15.9 Å². The second-order valence-corrected chi connectivity index (χ2v) is 5.61. The van der Waals surface area contributed by atoms with Crippen molar-refractivity contribution in [1.82, 2.24) is 4.90 Å². The number of halogens is 2. The molecule has 0 amide bonds. The highest BCUT2D eigenvalue weighted by Gasteiger charge is 2.11. The minimum Gasteiger partial charge on any atom is -0.294 e. The van der Waals surface area contributed by atoms with Crippen molar-refractivity contribution in [2.24, 2.45) is 0 Å². The molecule has 0 saturated carbocycles. The van der Waals surface area contributed by atoms with Crippen LogP contribution in [0.25, 0.3) is 0 Å². The highest BCUT2D eigenvalue weighted by molar-refractivity contribution is 9.10. The largest absolute Gasteiger partial charge is 0.294 e. The van der Waals surface area contributed by atoms with Crippen molar-refractivity contribution in [2.75, 3.05) is 13.6 Å². The number of nitrogens with zero attached hydrogens (tertiary/aromatic N) is 1. The fourth-order valence-electron chi connectivity index (χ4n) is 1.97. The quantitative estimate of drug-likeness (QED) is 0.772. The SMILES string of the molecule is CN(CC(=O)c1cccc(Br)c1)Cc1ccccc1F. The van der Waals surface area contributed by atoms with Crippen LogP contribution in [0, 0.1) is 5.82 Å². The predicted molar refractivity (Wildman–Crippen MR) is 81.2 cm³/mol. The van der Waals surface area contributed by atoms with E-state index in [4.69, 9.17) is 0 Å². The van der Waals surface area contributed by atoms with Crippen molar-refractivity contribution in [2.45, 2.75) is 6.54 Å². The Morgan fingerprint density at radius 1 is 1.20 bits per heavy atom. The number of benzene rings is 2. The van der Waals surface area contributed by atoms with Gasteiger partial charge in [-0.15, -0.1) is 0 Å². The summed E-state index contributed by atoms with van der Waals surface area (Å²) in [7, 11) is 1.81. The minimum absolute atomic E-state index is 0.0186. The molecule has 0 N–H and O–H groups in total. The van der Waals surface area contributed by atoms with Crippen LogP contribution in [0.2, 0.25) is 0 Å². The number of hydrogen-bond acceptors (Lipinski definition) is 2. The molecule has 0 aliphatic heterocycles. The number of hydrogen-bond donors (Lipinski definition) is 0. The summed E-state index contributed by atoms with van der Waals surface area (Å²) in [5.41, 5.74) is 1.25. The third kappa shape index (κ3) is 3.99. The topological polar surface area (TPSA) is 20.3 Å². The molecule has 2 aromatic rings. The van der Waals surface area contributed by atoms with Gasteiger partial charge in [0.05, 0.1) is 6.54 Å². The second-order valence-electron chi connectivity index (χ2n) is 4.70. The summed E-state index contributed by atoms with van der Waals surface area (Å²) >= 11 is 3.34. The normalized spacial score (nSPS) is 10.8. The standard InChI is InChI=1S/C16H15BrFNO/c1-19(10-13-5-2-3-8-15(13)18)11-16(20)12-6-4-7-14(17)9-12/h2-9H,10-11H2,1H3. The highest BCUT2D eigenvalue weighted by atomic mass is 79.9. The van der Waals surface area contributed by atoms with Gasteiger partial charge in [0, 0.05) is 22.1 Å². The molecule has 0 heterocycles. The number of likely N-dealkylation sites (N-methyl/N-ethyl adjacent to an activating group) is 1. The number of carbonyl (C=O) groups is 1. The molecular weight excluding hydrogens is 321 g/mol. The smallest absolute Gasteiger partial charge is 0.176 e. The molecule has 0 aliphatic carbocycles. The maximum Gasteiger partial charge on any atom is 0.176 e. The van der Waals surface area contributed by atoms with Crippen LogP contribution in [0.5, 0.6) is 0 Å². The fourth-order valence-corrected chi connectivity index (χ4v) is 2.37. The molecule has 0 saturated heterocycles. The van der Waals surface area contributed by atoms with E-state index in [0.29, 0.717) is 17.7 Å². The Morgan fingerprint density at radius 2 is 1.95 bits per heavy atom. The van der Waals surface area contributed by atoms with E-state index < -0.39 is 0 Å². The summed E-state index contributed by atoms with van der Waals surface area (Å²) in [5, 5.41) is 0. The average molecular weight is 336 g/mol. The van der Waals surface area contributed by atoms with Gasteiger partial charge >= 0.3 is 0 Å². The Hall–Kier alpha value is -1.52. The molecule has 2 aromatic carbocycles. The third-order valence-electron chi connectivity index (χ3n) is 2.96. The Morgan fingerprint density at radius 3 is 2.65 bits per heavy atom. The van der Waals surface area contributed by atoms with Crippen molar-refractivity contribution >= 4 is 21.7 Å². The van der Waals surface area contributed by atoms with E-state index in [1.807, 2.05) is 24.1 Å². The summed E-state index contributed by atoms with van der Waals surface area (Å²) in [4.78, 5) is 13.9. The van der Waals surface area contributed by atoms with Crippen molar-refractivity contribution < 1.29 is 9.18 Å². The first-order valence-corrected chi connectivity index (χ1v) is 7.06. The van der Waals surface area contributed by atoms with Crippen molar-refractivity contribution in [3.63, 3.8) is 0 Å². The van der Waals surface area contributed by atoms with E-state index in [1.54, 1.807) is 30.3 Å². The van der Waals surface area contributed by atoms with Crippen LogP contribution in [-0.2, 0) is 6.54 Å². The monoisotopic (exact) mass is 335 g/mol. The van der Waals surface area contributed by atoms with Gasteiger partial charge in [0.15, 0.2) is 5.78 Å². The van der Waals surface area contributed by atoms with Crippen LogP contribution in [0.3, 0.4) is 0 Å². The predicted octanol–water partition coefficient (Wildman–Crippen LogP) is 3.90. The van der Waals surface area contributed by atoms with Gasteiger partial charge in [0.2, 0.25) is 0 Å². The summed E-state index contributed by atoms with van der Waals surface area (Å²) in [6, 6.07) is 13.9. The second kappa shape index (κ2) is 6.77. The molecule has 20 heavy (non-hydrogen) atoms. The van der Waals surface area contributed by atoms with E-state index in [1.165, 1.54) is 6.07 Å². The Bertz CT molecular complexity index is 615. The van der Waals surface area contributed by atoms with E-state index in [-0.39, 0.29) is 18.1 Å². The number of carbonyl (C=O) groups excluding carboxylic acids is 1. The van der Waals surface area contributed by atoms with Gasteiger partial charge in [0.25, 0.3) is 0 Å². The van der Waals surface area contributed by atoms with Gasteiger partial charge in [-0.25, -0.2) is 4.39 Å². The van der Waals surface area contributed by atoms with Gasteiger partial charge in [-0.3, -0.25) is 9.69 Å². The Kier molecular flexibility index (Phi) is 5.04. The zero-order chi connectivity index (χ0) is 14.5. The molecule has 104 valence electrons. The summed E-state index contributed by atoms with van der Waals surface area (Å²) in [6.45, 7) is 0.664. The maximum atomic E-state index is 13.5. The van der Waals surface area contributed by atoms with Crippen LogP contribution in [0.15, 0.2) is 53.0 Å². The molecule has 2 rings (SSSR count). The van der Waals surface area contributed by atoms with Crippen LogP contribution in [-0.4, -0.2) is 24.3 Å². The van der Waals surface area contributed by atoms with Crippen LogP contribution < -0.4 is 0 Å². The van der Waals surface area contributed by atoms with Crippen molar-refractivity contribution in [3.8, 4) is 0 Å². The molecule has 0 fully saturated rings. The summed E-state index contributed by atoms with van der Waals surface area (Å²) < 4.78 is 14.4. The molecule has 0 aromatic heterocycles. The van der Waals surface area contributed by atoms with Crippen molar-refractivity contribution in [3.05, 3.63) is 69.9 Å². The first-order chi connectivity index (χ1) is 9.56. The van der Waals surface area contributed by atoms with E-state index in [0.717, 1.165) is 4.47 Å². The lowest BCUT2D eigenvalue weighted by molar-refractivity contribution is 0.0942. The molecule has 0 spiro atoms. The van der Waals surface area contributed by atoms with E-state index >= 15 is 0 Å². The van der Waals surface area contributed by atoms with Gasteiger partial charge in [0.1, 0.15) is 5.82 Å². The molecule has 2 nitrogen and oxygen atoms in total. The van der Waals surface area contributed by atoms with Crippen LogP contribution in [0.1, 0.15) is 15.9 Å². The molecule has 0 unspecified atom stereocenters. The third-order valence-corrected chi connectivity index (χ3v) is 3.45. The molecule has 0 aliphatic rings. The van der Waals surface area contributed by atoms with Gasteiger partial charge in [-0.2, -0.15) is 0 Å². The van der Waals surface area contributed by atoms with Crippen molar-refractivity contribution in [1.29, 1.82) is 0 Å². The number of ketones is 1. The highest BCUT2D eigenvalue weighted by Crippen LogP contribution is 2.13. The molecule has 4 heteroatoms. The molecule has 0 radical (unpaired) electrons. The Labute approximate surface area is 126 Å². The maximum absolute atomic E-state index is 13.5. The van der Waals surface area contributed by atoms with E-state index in [9.17, 15) is 9.18 Å².